The number of phenols is 1. The molecule has 0 amide bonds. The number of hydrogen-bond acceptors (Lipinski definition) is 4. The summed E-state index contributed by atoms with van der Waals surface area (Å²) in [4.78, 5) is 0. The van der Waals surface area contributed by atoms with Gasteiger partial charge in [-0.1, -0.05) is 15.9 Å². The fourth-order valence-corrected chi connectivity index (χ4v) is 1.89. The lowest BCUT2D eigenvalue weighted by Gasteiger charge is -2.11. The molecule has 4 nitrogen and oxygen atoms in total. The van der Waals surface area contributed by atoms with Gasteiger partial charge in [-0.25, -0.2) is 0 Å². The van der Waals surface area contributed by atoms with E-state index in [9.17, 15) is 5.11 Å². The highest BCUT2D eigenvalue weighted by molar-refractivity contribution is 9.10. The Hall–Kier alpha value is -0.780. The zero-order valence-electron chi connectivity index (χ0n) is 10.0. The Bertz CT molecular complexity index is 369. The minimum absolute atomic E-state index is 0.118. The highest BCUT2D eigenvalue weighted by atomic mass is 79.9. The fourth-order valence-electron chi connectivity index (χ4n) is 1.42. The Morgan fingerprint density at radius 3 is 2.76 bits per heavy atom. The van der Waals surface area contributed by atoms with Gasteiger partial charge >= 0.3 is 0 Å². The molecule has 0 bridgehead atoms. The fraction of sp³-hybridized carbons (Fsp3) is 0.500. The van der Waals surface area contributed by atoms with Crippen molar-refractivity contribution in [2.45, 2.75) is 26.0 Å². The second-order valence-electron chi connectivity index (χ2n) is 3.93. The molecule has 1 rings (SSSR count). The van der Waals surface area contributed by atoms with Gasteiger partial charge in [0.1, 0.15) is 0 Å². The second kappa shape index (κ2) is 6.83. The molecule has 0 heterocycles. The second-order valence-corrected chi connectivity index (χ2v) is 4.78. The van der Waals surface area contributed by atoms with E-state index in [1.54, 1.807) is 19.1 Å². The van der Waals surface area contributed by atoms with E-state index in [0.29, 0.717) is 18.7 Å². The van der Waals surface area contributed by atoms with Crippen molar-refractivity contribution in [3.05, 3.63) is 22.2 Å². The smallest absolute Gasteiger partial charge is 0.160 e. The molecule has 1 atom stereocenters. The summed E-state index contributed by atoms with van der Waals surface area (Å²) in [7, 11) is 1.52. The number of hydrogen-bond donors (Lipinski definition) is 3. The molecule has 0 saturated carbocycles. The minimum atomic E-state index is -0.291. The van der Waals surface area contributed by atoms with E-state index in [1.165, 1.54) is 7.11 Å². The maximum Gasteiger partial charge on any atom is 0.160 e. The van der Waals surface area contributed by atoms with Crippen LogP contribution < -0.4 is 10.1 Å². The molecule has 0 spiro atoms. The van der Waals surface area contributed by atoms with Gasteiger partial charge in [-0.05, 0) is 37.6 Å². The monoisotopic (exact) mass is 303 g/mol. The van der Waals surface area contributed by atoms with Crippen molar-refractivity contribution in [3.63, 3.8) is 0 Å². The summed E-state index contributed by atoms with van der Waals surface area (Å²) in [6.07, 6.45) is 0.424. The van der Waals surface area contributed by atoms with Gasteiger partial charge in [0.15, 0.2) is 11.5 Å². The largest absolute Gasteiger partial charge is 0.504 e. The highest BCUT2D eigenvalue weighted by Gasteiger charge is 2.07. The normalized spacial score (nSPS) is 12.5. The van der Waals surface area contributed by atoms with Gasteiger partial charge in [-0.15, -0.1) is 0 Å². The van der Waals surface area contributed by atoms with Crippen LogP contribution in [0.25, 0.3) is 0 Å². The number of ether oxygens (including phenoxy) is 1. The maximum absolute atomic E-state index is 9.55. The van der Waals surface area contributed by atoms with Crippen molar-refractivity contribution in [2.75, 3.05) is 13.7 Å². The van der Waals surface area contributed by atoms with Crippen LogP contribution in [0.5, 0.6) is 11.5 Å². The lowest BCUT2D eigenvalue weighted by molar-refractivity contribution is 0.183. The Kier molecular flexibility index (Phi) is 5.74. The zero-order valence-corrected chi connectivity index (χ0v) is 11.6. The summed E-state index contributed by atoms with van der Waals surface area (Å²) in [5.41, 5.74) is 1.00. The van der Waals surface area contributed by atoms with Gasteiger partial charge in [-0.3, -0.25) is 0 Å². The van der Waals surface area contributed by atoms with Gasteiger partial charge < -0.3 is 20.3 Å². The Balaban J connectivity index is 2.58. The topological polar surface area (TPSA) is 61.7 Å². The molecule has 1 unspecified atom stereocenters. The molecule has 1 aromatic rings. The molecular weight excluding hydrogens is 286 g/mol. The minimum Gasteiger partial charge on any atom is -0.504 e. The number of phenolic OH excluding ortho intramolecular Hbond substituents is 1. The molecule has 0 radical (unpaired) electrons. The molecular formula is C12H18BrNO3. The number of aliphatic hydroxyl groups is 1. The van der Waals surface area contributed by atoms with Gasteiger partial charge in [0.25, 0.3) is 0 Å². The Morgan fingerprint density at radius 2 is 2.18 bits per heavy atom. The molecule has 0 aliphatic heterocycles. The molecule has 96 valence electrons. The van der Waals surface area contributed by atoms with Crippen LogP contribution in [0.1, 0.15) is 18.9 Å². The molecule has 0 aromatic heterocycles. The SMILES string of the molecule is COc1cc(CNCCC(C)O)c(Br)cc1O. The molecule has 0 aliphatic rings. The van der Waals surface area contributed by atoms with Crippen LogP contribution >= 0.6 is 15.9 Å². The van der Waals surface area contributed by atoms with E-state index in [4.69, 9.17) is 9.84 Å². The molecule has 17 heavy (non-hydrogen) atoms. The van der Waals surface area contributed by atoms with Gasteiger partial charge in [0.2, 0.25) is 0 Å². The van der Waals surface area contributed by atoms with E-state index in [0.717, 1.165) is 16.6 Å². The first-order valence-corrected chi connectivity index (χ1v) is 6.28. The van der Waals surface area contributed by atoms with Crippen LogP contribution in [-0.2, 0) is 6.54 Å². The third kappa shape index (κ3) is 4.53. The van der Waals surface area contributed by atoms with Crippen LogP contribution in [0.15, 0.2) is 16.6 Å². The summed E-state index contributed by atoms with van der Waals surface area (Å²) < 4.78 is 5.88. The van der Waals surface area contributed by atoms with Crippen molar-refractivity contribution < 1.29 is 14.9 Å². The van der Waals surface area contributed by atoms with Crippen LogP contribution in [0, 0.1) is 0 Å². The Labute approximate surface area is 110 Å². The predicted molar refractivity (Wildman–Crippen MR) is 70.4 cm³/mol. The third-order valence-corrected chi connectivity index (χ3v) is 3.14. The molecule has 5 heteroatoms. The zero-order chi connectivity index (χ0) is 12.8. The number of methoxy groups -OCH3 is 1. The first-order chi connectivity index (χ1) is 8.04. The van der Waals surface area contributed by atoms with Gasteiger partial charge in [-0.2, -0.15) is 0 Å². The molecule has 1 aromatic carbocycles. The summed E-state index contributed by atoms with van der Waals surface area (Å²) >= 11 is 3.39. The van der Waals surface area contributed by atoms with Crippen LogP contribution in [0.4, 0.5) is 0 Å². The van der Waals surface area contributed by atoms with Crippen molar-refractivity contribution in [2.24, 2.45) is 0 Å². The predicted octanol–water partition coefficient (Wildman–Crippen LogP) is 2.02. The van der Waals surface area contributed by atoms with Crippen LogP contribution in [0.2, 0.25) is 0 Å². The van der Waals surface area contributed by atoms with Crippen molar-refractivity contribution in [1.29, 1.82) is 0 Å². The number of aromatic hydroxyl groups is 1. The van der Waals surface area contributed by atoms with E-state index in [-0.39, 0.29) is 11.9 Å². The average Bonchev–Trinajstić information content (AvgIpc) is 2.26. The van der Waals surface area contributed by atoms with Crippen molar-refractivity contribution in [1.82, 2.24) is 5.32 Å². The highest BCUT2D eigenvalue weighted by Crippen LogP contribution is 2.32. The number of nitrogens with one attached hydrogen (secondary N) is 1. The quantitative estimate of drug-likeness (QED) is 0.704. The standard InChI is InChI=1S/C12H18BrNO3/c1-8(15)3-4-14-7-9-5-12(17-2)11(16)6-10(9)13/h5-6,8,14-16H,3-4,7H2,1-2H3. The van der Waals surface area contributed by atoms with Crippen molar-refractivity contribution >= 4 is 15.9 Å². The van der Waals surface area contributed by atoms with Crippen LogP contribution in [0.3, 0.4) is 0 Å². The summed E-state index contributed by atoms with van der Waals surface area (Å²) in [6, 6.07) is 3.40. The third-order valence-electron chi connectivity index (χ3n) is 2.40. The maximum atomic E-state index is 9.55. The summed E-state index contributed by atoms with van der Waals surface area (Å²) in [5, 5.41) is 21.9. The number of halogens is 1. The molecule has 3 N–H and O–H groups in total. The van der Waals surface area contributed by atoms with E-state index < -0.39 is 0 Å². The van der Waals surface area contributed by atoms with E-state index >= 15 is 0 Å². The first-order valence-electron chi connectivity index (χ1n) is 5.48. The number of benzene rings is 1. The molecule has 0 saturated heterocycles. The van der Waals surface area contributed by atoms with E-state index in [1.807, 2.05) is 0 Å². The number of rotatable bonds is 6. The van der Waals surface area contributed by atoms with Gasteiger partial charge in [0, 0.05) is 11.0 Å². The Morgan fingerprint density at radius 1 is 1.47 bits per heavy atom. The van der Waals surface area contributed by atoms with Gasteiger partial charge in [0.05, 0.1) is 13.2 Å². The van der Waals surface area contributed by atoms with Crippen molar-refractivity contribution in [3.8, 4) is 11.5 Å². The van der Waals surface area contributed by atoms with E-state index in [2.05, 4.69) is 21.2 Å². The summed E-state index contributed by atoms with van der Waals surface area (Å²) in [6.45, 7) is 3.17. The lowest BCUT2D eigenvalue weighted by atomic mass is 10.2. The lowest BCUT2D eigenvalue weighted by Crippen LogP contribution is -2.18. The summed E-state index contributed by atoms with van der Waals surface area (Å²) in [5.74, 6) is 0.577. The molecule has 0 aliphatic carbocycles. The molecule has 0 fully saturated rings. The first kappa shape index (κ1) is 14.3. The van der Waals surface area contributed by atoms with Crippen LogP contribution in [-0.4, -0.2) is 30.0 Å². The average molecular weight is 304 g/mol. The number of aliphatic hydroxyl groups excluding tert-OH is 1.